The first kappa shape index (κ1) is 12.8. The normalized spacial score (nSPS) is 19.6. The minimum Gasteiger partial charge on any atom is -0.355 e. The van der Waals surface area contributed by atoms with E-state index in [1.807, 2.05) is 24.8 Å². The lowest BCUT2D eigenvalue weighted by atomic mass is 10.1. The SMILES string of the molecule is CCc1ccc(CN2C(C)=CC(C)=NC2O)cc1. The number of benzene rings is 1. The Morgan fingerprint density at radius 3 is 2.33 bits per heavy atom. The molecule has 1 heterocycles. The second-order valence-corrected chi connectivity index (χ2v) is 4.70. The highest BCUT2D eigenvalue weighted by Gasteiger charge is 2.19. The van der Waals surface area contributed by atoms with E-state index in [0.717, 1.165) is 17.8 Å². The number of rotatable bonds is 3. The van der Waals surface area contributed by atoms with Crippen molar-refractivity contribution >= 4 is 5.71 Å². The van der Waals surface area contributed by atoms with Crippen LogP contribution in [-0.2, 0) is 13.0 Å². The van der Waals surface area contributed by atoms with Gasteiger partial charge in [-0.15, -0.1) is 0 Å². The summed E-state index contributed by atoms with van der Waals surface area (Å²) in [7, 11) is 0. The Balaban J connectivity index is 2.11. The lowest BCUT2D eigenvalue weighted by molar-refractivity contribution is 0.0288. The van der Waals surface area contributed by atoms with Gasteiger partial charge in [-0.05, 0) is 37.5 Å². The van der Waals surface area contributed by atoms with Crippen molar-refractivity contribution in [2.75, 3.05) is 0 Å². The van der Waals surface area contributed by atoms with Gasteiger partial charge in [0, 0.05) is 18.0 Å². The smallest absolute Gasteiger partial charge is 0.225 e. The molecule has 1 aliphatic rings. The molecule has 18 heavy (non-hydrogen) atoms. The van der Waals surface area contributed by atoms with Crippen molar-refractivity contribution < 1.29 is 5.11 Å². The van der Waals surface area contributed by atoms with Gasteiger partial charge in [0.15, 0.2) is 0 Å². The molecule has 1 atom stereocenters. The standard InChI is InChI=1S/C15H20N2O/c1-4-13-5-7-14(8-6-13)10-17-12(3)9-11(2)16-15(17)18/h5-9,15,18H,4,10H2,1-3H3. The molecular weight excluding hydrogens is 224 g/mol. The second-order valence-electron chi connectivity index (χ2n) is 4.70. The van der Waals surface area contributed by atoms with Crippen molar-refractivity contribution in [1.82, 2.24) is 4.90 Å². The molecule has 1 aromatic rings. The van der Waals surface area contributed by atoms with Crippen molar-refractivity contribution in [1.29, 1.82) is 0 Å². The van der Waals surface area contributed by atoms with Gasteiger partial charge >= 0.3 is 0 Å². The van der Waals surface area contributed by atoms with Gasteiger partial charge in [-0.3, -0.25) is 0 Å². The number of hydrogen-bond donors (Lipinski definition) is 1. The van der Waals surface area contributed by atoms with Crippen molar-refractivity contribution in [2.45, 2.75) is 40.1 Å². The van der Waals surface area contributed by atoms with Crippen molar-refractivity contribution in [3.8, 4) is 0 Å². The summed E-state index contributed by atoms with van der Waals surface area (Å²) in [5.74, 6) is 0. The molecule has 2 rings (SSSR count). The van der Waals surface area contributed by atoms with Crippen LogP contribution >= 0.6 is 0 Å². The van der Waals surface area contributed by atoms with Gasteiger partial charge in [0.1, 0.15) is 0 Å². The topological polar surface area (TPSA) is 35.8 Å². The third-order valence-electron chi connectivity index (χ3n) is 3.25. The molecule has 3 nitrogen and oxygen atoms in total. The lowest BCUT2D eigenvalue weighted by Crippen LogP contribution is -2.35. The molecule has 1 aromatic carbocycles. The first-order valence-electron chi connectivity index (χ1n) is 6.35. The van der Waals surface area contributed by atoms with Crippen molar-refractivity contribution in [3.63, 3.8) is 0 Å². The van der Waals surface area contributed by atoms with E-state index < -0.39 is 6.35 Å². The Hall–Kier alpha value is -1.61. The number of aliphatic imine (C=N–C) groups is 1. The maximum absolute atomic E-state index is 9.97. The Kier molecular flexibility index (Phi) is 3.82. The number of nitrogens with zero attached hydrogens (tertiary/aromatic N) is 2. The monoisotopic (exact) mass is 244 g/mol. The van der Waals surface area contributed by atoms with Crippen LogP contribution in [0.5, 0.6) is 0 Å². The van der Waals surface area contributed by atoms with Gasteiger partial charge in [0.2, 0.25) is 6.35 Å². The Labute approximate surface area is 108 Å². The largest absolute Gasteiger partial charge is 0.355 e. The molecular formula is C15H20N2O. The lowest BCUT2D eigenvalue weighted by Gasteiger charge is -2.31. The Morgan fingerprint density at radius 2 is 1.78 bits per heavy atom. The van der Waals surface area contributed by atoms with Crippen LogP contribution in [0.25, 0.3) is 0 Å². The fourth-order valence-electron chi connectivity index (χ4n) is 2.14. The molecule has 0 amide bonds. The van der Waals surface area contributed by atoms with Gasteiger partial charge in [0.25, 0.3) is 0 Å². The van der Waals surface area contributed by atoms with E-state index in [1.54, 1.807) is 0 Å². The van der Waals surface area contributed by atoms with Crippen LogP contribution in [0.4, 0.5) is 0 Å². The van der Waals surface area contributed by atoms with Gasteiger partial charge in [0.05, 0.1) is 0 Å². The molecule has 0 aromatic heterocycles. The van der Waals surface area contributed by atoms with Crippen LogP contribution in [0.1, 0.15) is 31.9 Å². The molecule has 0 spiro atoms. The van der Waals surface area contributed by atoms with Crippen LogP contribution < -0.4 is 0 Å². The molecule has 0 bridgehead atoms. The molecule has 0 saturated carbocycles. The number of hydrogen-bond acceptors (Lipinski definition) is 3. The maximum Gasteiger partial charge on any atom is 0.225 e. The zero-order valence-electron chi connectivity index (χ0n) is 11.2. The van der Waals surface area contributed by atoms with Crippen molar-refractivity contribution in [3.05, 3.63) is 47.2 Å². The van der Waals surface area contributed by atoms with E-state index in [4.69, 9.17) is 0 Å². The van der Waals surface area contributed by atoms with Gasteiger partial charge < -0.3 is 10.0 Å². The van der Waals surface area contributed by atoms with Gasteiger partial charge in [-0.2, -0.15) is 0 Å². The fraction of sp³-hybridized carbons (Fsp3) is 0.400. The molecule has 1 N–H and O–H groups in total. The zero-order valence-corrected chi connectivity index (χ0v) is 11.2. The number of aryl methyl sites for hydroxylation is 1. The predicted molar refractivity (Wildman–Crippen MR) is 74.2 cm³/mol. The summed E-state index contributed by atoms with van der Waals surface area (Å²) in [6, 6.07) is 8.51. The maximum atomic E-state index is 9.97. The first-order valence-corrected chi connectivity index (χ1v) is 6.35. The first-order chi connectivity index (χ1) is 8.60. The summed E-state index contributed by atoms with van der Waals surface area (Å²) < 4.78 is 0. The fourth-order valence-corrected chi connectivity index (χ4v) is 2.14. The molecule has 0 fully saturated rings. The summed E-state index contributed by atoms with van der Waals surface area (Å²) in [4.78, 5) is 6.06. The zero-order chi connectivity index (χ0) is 13.1. The minimum atomic E-state index is -0.763. The van der Waals surface area contributed by atoms with E-state index in [1.165, 1.54) is 11.1 Å². The van der Waals surface area contributed by atoms with Gasteiger partial charge in [-0.1, -0.05) is 31.2 Å². The van der Waals surface area contributed by atoms with Gasteiger partial charge in [-0.25, -0.2) is 4.99 Å². The molecule has 96 valence electrons. The van der Waals surface area contributed by atoms with Crippen LogP contribution in [0.15, 0.2) is 41.0 Å². The van der Waals surface area contributed by atoms with E-state index >= 15 is 0 Å². The van der Waals surface area contributed by atoms with Crippen LogP contribution in [0, 0.1) is 0 Å². The second kappa shape index (κ2) is 5.36. The van der Waals surface area contributed by atoms with E-state index in [0.29, 0.717) is 6.54 Å². The minimum absolute atomic E-state index is 0.685. The Bertz CT molecular complexity index is 474. The average Bonchev–Trinajstić information content (AvgIpc) is 2.34. The molecule has 3 heteroatoms. The highest BCUT2D eigenvalue weighted by Crippen LogP contribution is 2.18. The van der Waals surface area contributed by atoms with E-state index in [9.17, 15) is 5.11 Å². The van der Waals surface area contributed by atoms with Crippen LogP contribution in [-0.4, -0.2) is 22.1 Å². The molecule has 0 saturated heterocycles. The molecule has 0 radical (unpaired) electrons. The summed E-state index contributed by atoms with van der Waals surface area (Å²) in [6.07, 6.45) is 2.28. The summed E-state index contributed by atoms with van der Waals surface area (Å²) in [5, 5.41) is 9.97. The van der Waals surface area contributed by atoms with Crippen LogP contribution in [0.3, 0.4) is 0 Å². The van der Waals surface area contributed by atoms with Crippen molar-refractivity contribution in [2.24, 2.45) is 4.99 Å². The quantitative estimate of drug-likeness (QED) is 0.887. The average molecular weight is 244 g/mol. The van der Waals surface area contributed by atoms with E-state index in [-0.39, 0.29) is 0 Å². The number of aliphatic hydroxyl groups excluding tert-OH is 1. The highest BCUT2D eigenvalue weighted by atomic mass is 16.3. The predicted octanol–water partition coefficient (Wildman–Crippen LogP) is 2.71. The Morgan fingerprint density at radius 1 is 1.17 bits per heavy atom. The summed E-state index contributed by atoms with van der Waals surface area (Å²) >= 11 is 0. The molecule has 0 aliphatic carbocycles. The highest BCUT2D eigenvalue weighted by molar-refractivity contribution is 5.93. The van der Waals surface area contributed by atoms with Crippen LogP contribution in [0.2, 0.25) is 0 Å². The van der Waals surface area contributed by atoms with E-state index in [2.05, 4.69) is 36.2 Å². The summed E-state index contributed by atoms with van der Waals surface area (Å²) in [5.41, 5.74) is 4.44. The summed E-state index contributed by atoms with van der Waals surface area (Å²) in [6.45, 7) is 6.74. The third-order valence-corrected chi connectivity index (χ3v) is 3.25. The molecule has 1 unspecified atom stereocenters. The number of aliphatic hydroxyl groups is 1. The number of allylic oxidation sites excluding steroid dienone is 2. The molecule has 1 aliphatic heterocycles. The third kappa shape index (κ3) is 2.79.